The van der Waals surface area contributed by atoms with Gasteiger partial charge in [-0.15, -0.1) is 0 Å². The number of halogens is 7. The molecule has 1 aliphatic rings. The molecule has 1 fully saturated rings. The molecule has 1 aliphatic heterocycles. The van der Waals surface area contributed by atoms with Gasteiger partial charge in [0.05, 0.1) is 4.88 Å². The van der Waals surface area contributed by atoms with Crippen LogP contribution in [0.25, 0.3) is 0 Å². The molecule has 0 spiro atoms. The molecule has 1 aromatic heterocycles. The molecular weight excluding hydrogens is 415 g/mol. The molecule has 2 aromatic rings. The fourth-order valence-electron chi connectivity index (χ4n) is 2.85. The van der Waals surface area contributed by atoms with Gasteiger partial charge >= 0.3 is 12.4 Å². The number of hydrogen-bond donors (Lipinski definition) is 1. The van der Waals surface area contributed by atoms with Gasteiger partial charge in [-0.3, -0.25) is 0 Å². The summed E-state index contributed by atoms with van der Waals surface area (Å²) in [5, 5.41) is 9.39. The zero-order valence-electron chi connectivity index (χ0n) is 14.1. The van der Waals surface area contributed by atoms with Crippen molar-refractivity contribution in [1.29, 1.82) is 0 Å². The molecule has 2 heterocycles. The number of aromatic nitrogens is 1. The Labute approximate surface area is 158 Å². The van der Waals surface area contributed by atoms with Gasteiger partial charge in [0.15, 0.2) is 5.13 Å². The number of thiazole rings is 1. The molecule has 0 unspecified atom stereocenters. The van der Waals surface area contributed by atoms with Crippen molar-refractivity contribution in [2.75, 3.05) is 36.0 Å². The van der Waals surface area contributed by atoms with E-state index < -0.39 is 28.6 Å². The third kappa shape index (κ3) is 3.62. The van der Waals surface area contributed by atoms with Gasteiger partial charge in [-0.2, -0.15) is 26.3 Å². The molecular formula is C16H14F7N3OS. The lowest BCUT2D eigenvalue weighted by Gasteiger charge is -2.36. The van der Waals surface area contributed by atoms with E-state index in [0.29, 0.717) is 25.0 Å². The number of piperazine rings is 1. The molecule has 3 rings (SSSR count). The van der Waals surface area contributed by atoms with E-state index >= 15 is 0 Å². The minimum Gasteiger partial charge on any atom is -0.369 e. The van der Waals surface area contributed by atoms with Crippen molar-refractivity contribution >= 4 is 22.2 Å². The van der Waals surface area contributed by atoms with Crippen LogP contribution < -0.4 is 9.80 Å². The Morgan fingerprint density at radius 2 is 1.50 bits per heavy atom. The summed E-state index contributed by atoms with van der Waals surface area (Å²) in [4.78, 5) is 5.68. The van der Waals surface area contributed by atoms with E-state index in [9.17, 15) is 35.8 Å². The largest absolute Gasteiger partial charge is 0.431 e. The van der Waals surface area contributed by atoms with E-state index in [-0.39, 0.29) is 29.6 Å². The highest BCUT2D eigenvalue weighted by Gasteiger charge is 2.72. The Kier molecular flexibility index (Phi) is 5.21. The lowest BCUT2D eigenvalue weighted by molar-refractivity contribution is -0.375. The molecule has 0 amide bonds. The van der Waals surface area contributed by atoms with Crippen LogP contribution in [0.1, 0.15) is 4.88 Å². The normalized spacial score (nSPS) is 16.6. The smallest absolute Gasteiger partial charge is 0.369 e. The summed E-state index contributed by atoms with van der Waals surface area (Å²) in [6, 6.07) is 5.87. The number of hydrogen-bond acceptors (Lipinski definition) is 5. The molecule has 0 bridgehead atoms. The molecule has 1 N–H and O–H groups in total. The molecule has 0 saturated carbocycles. The predicted molar refractivity (Wildman–Crippen MR) is 88.9 cm³/mol. The number of aliphatic hydroxyl groups is 1. The van der Waals surface area contributed by atoms with Gasteiger partial charge in [0.25, 0.3) is 5.60 Å². The van der Waals surface area contributed by atoms with Crippen molar-refractivity contribution in [3.63, 3.8) is 0 Å². The highest BCUT2D eigenvalue weighted by molar-refractivity contribution is 7.15. The number of anilines is 2. The summed E-state index contributed by atoms with van der Waals surface area (Å²) in [7, 11) is 0. The van der Waals surface area contributed by atoms with Gasteiger partial charge in [0, 0.05) is 38.1 Å². The lowest BCUT2D eigenvalue weighted by atomic mass is 10.0. The summed E-state index contributed by atoms with van der Waals surface area (Å²) in [5.41, 5.74) is -4.35. The molecule has 4 nitrogen and oxygen atoms in total. The van der Waals surface area contributed by atoms with Gasteiger partial charge in [-0.25, -0.2) is 9.37 Å². The Hall–Kier alpha value is -2.08. The summed E-state index contributed by atoms with van der Waals surface area (Å²) in [6.45, 7) is 1.28. The van der Waals surface area contributed by atoms with E-state index in [2.05, 4.69) is 4.98 Å². The fraction of sp³-hybridized carbons (Fsp3) is 0.438. The van der Waals surface area contributed by atoms with Crippen molar-refractivity contribution in [3.8, 4) is 0 Å². The highest BCUT2D eigenvalue weighted by atomic mass is 32.1. The average Bonchev–Trinajstić information content (AvgIpc) is 3.09. The van der Waals surface area contributed by atoms with Crippen LogP contribution in [-0.4, -0.2) is 48.6 Å². The minimum atomic E-state index is -5.94. The number of alkyl halides is 6. The molecule has 0 radical (unpaired) electrons. The summed E-state index contributed by atoms with van der Waals surface area (Å²) < 4.78 is 91.1. The molecule has 154 valence electrons. The molecule has 0 aliphatic carbocycles. The lowest BCUT2D eigenvalue weighted by Crippen LogP contribution is -2.53. The van der Waals surface area contributed by atoms with E-state index in [1.54, 1.807) is 12.1 Å². The van der Waals surface area contributed by atoms with Crippen molar-refractivity contribution in [1.82, 2.24) is 4.98 Å². The second kappa shape index (κ2) is 7.07. The molecule has 1 aromatic carbocycles. The van der Waals surface area contributed by atoms with Gasteiger partial charge in [0.1, 0.15) is 5.82 Å². The summed E-state index contributed by atoms with van der Waals surface area (Å²) >= 11 is 0.146. The standard InChI is InChI=1S/C16H14F7N3OS/c17-10-2-1-3-11(8-10)25-4-6-26(7-5-25)13-24-9-12(28-13)14(27,15(18,19)20)16(21,22)23/h1-3,8-9,27H,4-7H2. The van der Waals surface area contributed by atoms with E-state index in [4.69, 9.17) is 0 Å². The quantitative estimate of drug-likeness (QED) is 0.751. The number of benzene rings is 1. The van der Waals surface area contributed by atoms with Crippen LogP contribution in [0.5, 0.6) is 0 Å². The first-order chi connectivity index (χ1) is 12.9. The highest BCUT2D eigenvalue weighted by Crippen LogP contribution is 2.52. The van der Waals surface area contributed by atoms with Crippen LogP contribution in [0.3, 0.4) is 0 Å². The molecule has 12 heteroatoms. The first-order valence-corrected chi connectivity index (χ1v) is 8.83. The van der Waals surface area contributed by atoms with Gasteiger partial charge in [0.2, 0.25) is 0 Å². The van der Waals surface area contributed by atoms with Gasteiger partial charge in [-0.1, -0.05) is 17.4 Å². The van der Waals surface area contributed by atoms with Crippen molar-refractivity contribution in [2.45, 2.75) is 18.0 Å². The van der Waals surface area contributed by atoms with Crippen LogP contribution in [0.15, 0.2) is 30.5 Å². The summed E-state index contributed by atoms with van der Waals surface area (Å²) in [6.07, 6.45) is -11.5. The summed E-state index contributed by atoms with van der Waals surface area (Å²) in [5.74, 6) is -0.414. The van der Waals surface area contributed by atoms with E-state index in [0.717, 1.165) is 0 Å². The second-order valence-electron chi connectivity index (χ2n) is 6.17. The van der Waals surface area contributed by atoms with E-state index in [1.807, 2.05) is 4.90 Å². The SMILES string of the molecule is OC(c1cnc(N2CCN(c3cccc(F)c3)CC2)s1)(C(F)(F)F)C(F)(F)F. The van der Waals surface area contributed by atoms with Crippen LogP contribution in [0, 0.1) is 5.82 Å². The molecule has 1 saturated heterocycles. The minimum absolute atomic E-state index is 0.0548. The third-order valence-corrected chi connectivity index (χ3v) is 5.56. The Bertz CT molecular complexity index is 814. The van der Waals surface area contributed by atoms with Crippen LogP contribution in [0.4, 0.5) is 41.6 Å². The Morgan fingerprint density at radius 3 is 2.04 bits per heavy atom. The Morgan fingerprint density at radius 1 is 0.929 bits per heavy atom. The zero-order valence-corrected chi connectivity index (χ0v) is 14.9. The van der Waals surface area contributed by atoms with Crippen LogP contribution >= 0.6 is 11.3 Å². The van der Waals surface area contributed by atoms with Crippen molar-refractivity contribution in [3.05, 3.63) is 41.2 Å². The number of nitrogens with zero attached hydrogens (tertiary/aromatic N) is 3. The maximum absolute atomic E-state index is 13.3. The maximum Gasteiger partial charge on any atom is 0.431 e. The predicted octanol–water partition coefficient (Wildman–Crippen LogP) is 3.92. The molecule has 28 heavy (non-hydrogen) atoms. The first-order valence-electron chi connectivity index (χ1n) is 8.01. The third-order valence-electron chi connectivity index (χ3n) is 4.39. The molecule has 0 atom stereocenters. The fourth-order valence-corrected chi connectivity index (χ4v) is 3.95. The number of rotatable bonds is 3. The van der Waals surface area contributed by atoms with Gasteiger partial charge < -0.3 is 14.9 Å². The zero-order chi connectivity index (χ0) is 20.7. The van der Waals surface area contributed by atoms with E-state index in [1.165, 1.54) is 17.0 Å². The maximum atomic E-state index is 13.3. The topological polar surface area (TPSA) is 39.6 Å². The van der Waals surface area contributed by atoms with Crippen LogP contribution in [0.2, 0.25) is 0 Å². The second-order valence-corrected chi connectivity index (χ2v) is 7.18. The van der Waals surface area contributed by atoms with Crippen LogP contribution in [-0.2, 0) is 5.60 Å². The van der Waals surface area contributed by atoms with Crippen molar-refractivity contribution < 1.29 is 35.8 Å². The monoisotopic (exact) mass is 429 g/mol. The van der Waals surface area contributed by atoms with Gasteiger partial charge in [-0.05, 0) is 18.2 Å². The van der Waals surface area contributed by atoms with Crippen molar-refractivity contribution in [2.24, 2.45) is 0 Å². The average molecular weight is 429 g/mol. The Balaban J connectivity index is 1.76. The first kappa shape index (κ1) is 20.6.